The van der Waals surface area contributed by atoms with Gasteiger partial charge in [0, 0.05) is 0 Å². The van der Waals surface area contributed by atoms with E-state index in [9.17, 15) is 0 Å². The number of benzene rings is 2. The Hall–Kier alpha value is -3.02. The fourth-order valence-corrected chi connectivity index (χ4v) is 2.22. The van der Waals surface area contributed by atoms with E-state index in [1.54, 1.807) is 0 Å². The summed E-state index contributed by atoms with van der Waals surface area (Å²) >= 11 is 0. The first-order valence-electron chi connectivity index (χ1n) is 6.53. The number of hydrogen-bond acceptors (Lipinski definition) is 5. The zero-order valence-corrected chi connectivity index (χ0v) is 11.3. The summed E-state index contributed by atoms with van der Waals surface area (Å²) in [6.07, 6.45) is 0. The van der Waals surface area contributed by atoms with Crippen LogP contribution >= 0.6 is 0 Å². The SMILES string of the molecule is Cc1nc(On2nnc3ccccc32)c2ccccc2n1. The van der Waals surface area contributed by atoms with Crippen molar-refractivity contribution in [2.75, 3.05) is 0 Å². The number of para-hydroxylation sites is 2. The summed E-state index contributed by atoms with van der Waals surface area (Å²) in [7, 11) is 0. The second-order valence-electron chi connectivity index (χ2n) is 4.64. The Morgan fingerprint density at radius 2 is 1.67 bits per heavy atom. The molecule has 6 nitrogen and oxygen atoms in total. The Morgan fingerprint density at radius 1 is 0.905 bits per heavy atom. The first-order chi connectivity index (χ1) is 10.3. The maximum Gasteiger partial charge on any atom is 0.259 e. The van der Waals surface area contributed by atoms with E-state index in [2.05, 4.69) is 20.3 Å². The molecule has 102 valence electrons. The van der Waals surface area contributed by atoms with E-state index in [0.717, 1.165) is 21.9 Å². The van der Waals surface area contributed by atoms with Gasteiger partial charge in [-0.2, -0.15) is 4.98 Å². The third kappa shape index (κ3) is 1.97. The van der Waals surface area contributed by atoms with Crippen LogP contribution in [0.5, 0.6) is 5.88 Å². The number of aromatic nitrogens is 5. The van der Waals surface area contributed by atoms with Crippen molar-refractivity contribution in [1.29, 1.82) is 0 Å². The highest BCUT2D eigenvalue weighted by molar-refractivity contribution is 5.83. The number of fused-ring (bicyclic) bond motifs is 2. The van der Waals surface area contributed by atoms with Gasteiger partial charge >= 0.3 is 0 Å². The monoisotopic (exact) mass is 277 g/mol. The predicted octanol–water partition coefficient (Wildman–Crippen LogP) is 2.53. The van der Waals surface area contributed by atoms with Crippen molar-refractivity contribution in [3.05, 3.63) is 54.4 Å². The summed E-state index contributed by atoms with van der Waals surface area (Å²) in [6, 6.07) is 15.3. The lowest BCUT2D eigenvalue weighted by Gasteiger charge is -2.07. The molecule has 0 saturated heterocycles. The van der Waals surface area contributed by atoms with Crippen molar-refractivity contribution in [3.63, 3.8) is 0 Å². The summed E-state index contributed by atoms with van der Waals surface area (Å²) in [4.78, 5) is 15.9. The topological polar surface area (TPSA) is 65.7 Å². The average molecular weight is 277 g/mol. The Balaban J connectivity index is 1.87. The van der Waals surface area contributed by atoms with Crippen molar-refractivity contribution in [1.82, 2.24) is 25.1 Å². The number of hydrogen-bond donors (Lipinski definition) is 0. The molecular weight excluding hydrogens is 266 g/mol. The Bertz CT molecular complexity index is 947. The van der Waals surface area contributed by atoms with Gasteiger partial charge in [0.15, 0.2) is 0 Å². The van der Waals surface area contributed by atoms with Crippen LogP contribution in [0.2, 0.25) is 0 Å². The molecule has 0 amide bonds. The van der Waals surface area contributed by atoms with Crippen LogP contribution in [0.15, 0.2) is 48.5 Å². The molecule has 0 saturated carbocycles. The van der Waals surface area contributed by atoms with Gasteiger partial charge in [-0.05, 0) is 36.4 Å². The number of nitrogens with zero attached hydrogens (tertiary/aromatic N) is 5. The quantitative estimate of drug-likeness (QED) is 0.563. The van der Waals surface area contributed by atoms with Crippen molar-refractivity contribution < 1.29 is 4.84 Å². The third-order valence-corrected chi connectivity index (χ3v) is 3.17. The van der Waals surface area contributed by atoms with Crippen LogP contribution in [0.3, 0.4) is 0 Å². The molecule has 0 N–H and O–H groups in total. The minimum Gasteiger partial charge on any atom is -0.335 e. The van der Waals surface area contributed by atoms with Crippen LogP contribution in [-0.4, -0.2) is 25.1 Å². The summed E-state index contributed by atoms with van der Waals surface area (Å²) in [6.45, 7) is 1.83. The van der Waals surface area contributed by atoms with E-state index in [1.807, 2.05) is 55.5 Å². The highest BCUT2D eigenvalue weighted by Gasteiger charge is 2.10. The van der Waals surface area contributed by atoms with Gasteiger partial charge in [-0.15, -0.1) is 5.10 Å². The third-order valence-electron chi connectivity index (χ3n) is 3.17. The fourth-order valence-electron chi connectivity index (χ4n) is 2.22. The molecule has 21 heavy (non-hydrogen) atoms. The minimum absolute atomic E-state index is 0.466. The summed E-state index contributed by atoms with van der Waals surface area (Å²) in [5.74, 6) is 1.11. The van der Waals surface area contributed by atoms with Crippen LogP contribution < -0.4 is 4.84 Å². The molecule has 2 aromatic heterocycles. The van der Waals surface area contributed by atoms with Crippen LogP contribution in [0.25, 0.3) is 21.9 Å². The molecule has 0 radical (unpaired) electrons. The molecule has 0 aliphatic carbocycles. The van der Waals surface area contributed by atoms with Crippen LogP contribution in [0.4, 0.5) is 0 Å². The molecule has 0 bridgehead atoms. The maximum absolute atomic E-state index is 5.82. The predicted molar refractivity (Wildman–Crippen MR) is 77.8 cm³/mol. The minimum atomic E-state index is 0.466. The molecule has 0 spiro atoms. The molecule has 2 aromatic carbocycles. The van der Waals surface area contributed by atoms with Gasteiger partial charge in [0.25, 0.3) is 5.88 Å². The van der Waals surface area contributed by atoms with E-state index in [-0.39, 0.29) is 0 Å². The normalized spacial score (nSPS) is 11.1. The average Bonchev–Trinajstić information content (AvgIpc) is 2.90. The van der Waals surface area contributed by atoms with Crippen LogP contribution in [0.1, 0.15) is 5.82 Å². The van der Waals surface area contributed by atoms with E-state index < -0.39 is 0 Å². The van der Waals surface area contributed by atoms with Crippen molar-refractivity contribution in [2.45, 2.75) is 6.92 Å². The first-order valence-corrected chi connectivity index (χ1v) is 6.53. The molecular formula is C15H11N5O. The summed E-state index contributed by atoms with van der Waals surface area (Å²) in [5.41, 5.74) is 2.40. The second-order valence-corrected chi connectivity index (χ2v) is 4.64. The van der Waals surface area contributed by atoms with Crippen LogP contribution in [-0.2, 0) is 0 Å². The Kier molecular flexibility index (Phi) is 2.53. The lowest BCUT2D eigenvalue weighted by atomic mass is 10.2. The molecule has 0 unspecified atom stereocenters. The first kappa shape index (κ1) is 11.8. The zero-order valence-electron chi connectivity index (χ0n) is 11.3. The van der Waals surface area contributed by atoms with Gasteiger partial charge in [-0.1, -0.05) is 29.1 Å². The lowest BCUT2D eigenvalue weighted by Crippen LogP contribution is -2.09. The molecule has 6 heteroatoms. The van der Waals surface area contributed by atoms with E-state index >= 15 is 0 Å². The van der Waals surface area contributed by atoms with E-state index in [1.165, 1.54) is 4.85 Å². The summed E-state index contributed by atoms with van der Waals surface area (Å²) in [5, 5.41) is 8.91. The van der Waals surface area contributed by atoms with Crippen LogP contribution in [0, 0.1) is 6.92 Å². The molecule has 0 atom stereocenters. The van der Waals surface area contributed by atoms with Gasteiger partial charge in [-0.25, -0.2) is 4.98 Å². The second kappa shape index (κ2) is 4.52. The van der Waals surface area contributed by atoms with E-state index in [4.69, 9.17) is 4.84 Å². The van der Waals surface area contributed by atoms with Gasteiger partial charge in [0.1, 0.15) is 16.9 Å². The number of aryl methyl sites for hydroxylation is 1. The largest absolute Gasteiger partial charge is 0.335 e. The van der Waals surface area contributed by atoms with Crippen molar-refractivity contribution in [3.8, 4) is 5.88 Å². The molecule has 4 aromatic rings. The maximum atomic E-state index is 5.82. The smallest absolute Gasteiger partial charge is 0.259 e. The lowest BCUT2D eigenvalue weighted by molar-refractivity contribution is 0.178. The van der Waals surface area contributed by atoms with Gasteiger partial charge in [-0.3, -0.25) is 0 Å². The zero-order chi connectivity index (χ0) is 14.2. The van der Waals surface area contributed by atoms with Gasteiger partial charge < -0.3 is 4.84 Å². The molecule has 4 rings (SSSR count). The molecule has 0 aliphatic heterocycles. The fraction of sp³-hybridized carbons (Fsp3) is 0.0667. The number of rotatable bonds is 2. The van der Waals surface area contributed by atoms with Crippen molar-refractivity contribution in [2.24, 2.45) is 0 Å². The van der Waals surface area contributed by atoms with Crippen molar-refractivity contribution >= 4 is 21.9 Å². The summed E-state index contributed by atoms with van der Waals surface area (Å²) < 4.78 is 0. The highest BCUT2D eigenvalue weighted by atomic mass is 16.7. The molecule has 2 heterocycles. The van der Waals surface area contributed by atoms with Gasteiger partial charge in [0.2, 0.25) is 0 Å². The Morgan fingerprint density at radius 3 is 2.57 bits per heavy atom. The highest BCUT2D eigenvalue weighted by Crippen LogP contribution is 2.23. The Labute approximate surface area is 120 Å². The standard InChI is InChI=1S/C15H11N5O/c1-10-16-12-7-3-2-6-11(12)15(17-10)21-20-14-9-5-4-8-13(14)18-19-20/h2-9H,1H3. The molecule has 0 aliphatic rings. The van der Waals surface area contributed by atoms with E-state index in [0.29, 0.717) is 11.7 Å². The molecule has 0 fully saturated rings. The van der Waals surface area contributed by atoms with Gasteiger partial charge in [0.05, 0.1) is 10.9 Å².